The van der Waals surface area contributed by atoms with E-state index < -0.39 is 0 Å². The van der Waals surface area contributed by atoms with Crippen LogP contribution in [0.2, 0.25) is 0 Å². The molecule has 4 aromatic rings. The van der Waals surface area contributed by atoms with Crippen LogP contribution >= 0.6 is 11.3 Å². The molecule has 0 aliphatic heterocycles. The Morgan fingerprint density at radius 1 is 1.08 bits per heavy atom. The van der Waals surface area contributed by atoms with Gasteiger partial charge in [0.25, 0.3) is 5.91 Å². The number of benzene rings is 1. The highest BCUT2D eigenvalue weighted by Gasteiger charge is 2.09. The second-order valence-corrected chi connectivity index (χ2v) is 6.04. The van der Waals surface area contributed by atoms with E-state index in [1.54, 1.807) is 48.8 Å². The largest absolute Gasteiger partial charge is 0.438 e. The second-order valence-electron chi connectivity index (χ2n) is 5.14. The van der Waals surface area contributed by atoms with Crippen molar-refractivity contribution in [2.45, 2.75) is 0 Å². The Morgan fingerprint density at radius 2 is 1.96 bits per heavy atom. The summed E-state index contributed by atoms with van der Waals surface area (Å²) in [5.41, 5.74) is 1.17. The van der Waals surface area contributed by atoms with Crippen LogP contribution in [0.25, 0.3) is 10.2 Å². The molecule has 0 spiro atoms. The standard InChI is InChI=1S/C18H12N4O2S/c23-16(22-13-2-1-8-19-10-13)12-3-5-14(6-4-12)24-17-15-7-9-25-18(15)21-11-20-17/h1-11H,(H,22,23). The molecule has 7 heteroatoms. The van der Waals surface area contributed by atoms with Gasteiger partial charge >= 0.3 is 0 Å². The first-order valence-corrected chi connectivity index (χ1v) is 8.35. The lowest BCUT2D eigenvalue weighted by Crippen LogP contribution is -2.11. The molecule has 0 unspecified atom stereocenters. The lowest BCUT2D eigenvalue weighted by atomic mass is 10.2. The maximum Gasteiger partial charge on any atom is 0.255 e. The van der Waals surface area contributed by atoms with Gasteiger partial charge in [0.1, 0.15) is 16.9 Å². The van der Waals surface area contributed by atoms with Crippen LogP contribution in [0.3, 0.4) is 0 Å². The number of anilines is 1. The van der Waals surface area contributed by atoms with Gasteiger partial charge < -0.3 is 10.1 Å². The van der Waals surface area contributed by atoms with E-state index in [9.17, 15) is 4.79 Å². The molecule has 122 valence electrons. The zero-order valence-corrected chi connectivity index (χ0v) is 13.7. The van der Waals surface area contributed by atoms with E-state index in [0.717, 1.165) is 10.2 Å². The first-order chi connectivity index (χ1) is 12.3. The highest BCUT2D eigenvalue weighted by Crippen LogP contribution is 2.29. The number of nitrogens with one attached hydrogen (secondary N) is 1. The van der Waals surface area contributed by atoms with Crippen molar-refractivity contribution in [3.05, 3.63) is 72.1 Å². The van der Waals surface area contributed by atoms with Gasteiger partial charge in [0.2, 0.25) is 5.88 Å². The molecule has 0 fully saturated rings. The number of thiophene rings is 1. The van der Waals surface area contributed by atoms with Crippen LogP contribution in [-0.2, 0) is 0 Å². The number of pyridine rings is 1. The van der Waals surface area contributed by atoms with Gasteiger partial charge in [0, 0.05) is 11.8 Å². The quantitative estimate of drug-likeness (QED) is 0.600. The summed E-state index contributed by atoms with van der Waals surface area (Å²) in [7, 11) is 0. The van der Waals surface area contributed by atoms with Crippen LogP contribution in [-0.4, -0.2) is 20.9 Å². The molecule has 0 aliphatic carbocycles. The molecule has 1 amide bonds. The minimum atomic E-state index is -0.207. The highest BCUT2D eigenvalue weighted by molar-refractivity contribution is 7.16. The summed E-state index contributed by atoms with van der Waals surface area (Å²) in [5.74, 6) is 0.893. The van der Waals surface area contributed by atoms with Gasteiger partial charge in [-0.25, -0.2) is 9.97 Å². The molecule has 25 heavy (non-hydrogen) atoms. The van der Waals surface area contributed by atoms with Crippen LogP contribution in [0.4, 0.5) is 5.69 Å². The van der Waals surface area contributed by atoms with Crippen LogP contribution in [0, 0.1) is 0 Å². The van der Waals surface area contributed by atoms with Gasteiger partial charge in [-0.1, -0.05) is 0 Å². The summed E-state index contributed by atoms with van der Waals surface area (Å²) in [6.07, 6.45) is 4.72. The summed E-state index contributed by atoms with van der Waals surface area (Å²) in [4.78, 5) is 25.4. The summed E-state index contributed by atoms with van der Waals surface area (Å²) < 4.78 is 5.82. The first kappa shape index (κ1) is 15.2. The van der Waals surface area contributed by atoms with Crippen molar-refractivity contribution in [1.82, 2.24) is 15.0 Å². The fourth-order valence-electron chi connectivity index (χ4n) is 2.27. The van der Waals surface area contributed by atoms with E-state index in [2.05, 4.69) is 20.3 Å². The van der Waals surface area contributed by atoms with Crippen LogP contribution < -0.4 is 10.1 Å². The normalized spacial score (nSPS) is 10.6. The van der Waals surface area contributed by atoms with Crippen LogP contribution in [0.15, 0.2) is 66.6 Å². The van der Waals surface area contributed by atoms with Gasteiger partial charge in [0.05, 0.1) is 17.3 Å². The number of fused-ring (bicyclic) bond motifs is 1. The Labute approximate surface area is 147 Å². The molecule has 0 atom stereocenters. The maximum atomic E-state index is 12.2. The number of amides is 1. The predicted molar refractivity (Wildman–Crippen MR) is 96.1 cm³/mol. The van der Waals surface area contributed by atoms with E-state index in [1.165, 1.54) is 17.7 Å². The zero-order valence-electron chi connectivity index (χ0n) is 12.9. The predicted octanol–water partition coefficient (Wildman–Crippen LogP) is 4.13. The van der Waals surface area contributed by atoms with Crippen molar-refractivity contribution in [3.63, 3.8) is 0 Å². The second kappa shape index (κ2) is 6.66. The van der Waals surface area contributed by atoms with Crippen molar-refractivity contribution >= 4 is 33.1 Å². The molecule has 6 nitrogen and oxygen atoms in total. The summed E-state index contributed by atoms with van der Waals surface area (Å²) in [5, 5.41) is 5.60. The molecule has 3 heterocycles. The Morgan fingerprint density at radius 3 is 2.76 bits per heavy atom. The zero-order chi connectivity index (χ0) is 17.1. The monoisotopic (exact) mass is 348 g/mol. The van der Waals surface area contributed by atoms with Gasteiger partial charge in [-0.15, -0.1) is 11.3 Å². The minimum absolute atomic E-state index is 0.207. The number of hydrogen-bond donors (Lipinski definition) is 1. The molecule has 1 aromatic carbocycles. The maximum absolute atomic E-state index is 12.2. The Kier molecular flexibility index (Phi) is 4.05. The van der Waals surface area contributed by atoms with Crippen molar-refractivity contribution in [2.75, 3.05) is 5.32 Å². The third kappa shape index (κ3) is 3.31. The highest BCUT2D eigenvalue weighted by atomic mass is 32.1. The average molecular weight is 348 g/mol. The molecule has 0 aliphatic rings. The first-order valence-electron chi connectivity index (χ1n) is 7.47. The van der Waals surface area contributed by atoms with E-state index in [4.69, 9.17) is 4.74 Å². The number of nitrogens with zero attached hydrogens (tertiary/aromatic N) is 3. The van der Waals surface area contributed by atoms with Crippen LogP contribution in [0.5, 0.6) is 11.6 Å². The Balaban J connectivity index is 1.50. The third-order valence-corrected chi connectivity index (χ3v) is 4.30. The van der Waals surface area contributed by atoms with Gasteiger partial charge in [-0.2, -0.15) is 0 Å². The van der Waals surface area contributed by atoms with E-state index >= 15 is 0 Å². The van der Waals surface area contributed by atoms with Crippen molar-refractivity contribution < 1.29 is 9.53 Å². The SMILES string of the molecule is O=C(Nc1cccnc1)c1ccc(Oc2ncnc3sccc23)cc1. The molecule has 4 rings (SSSR count). The number of rotatable bonds is 4. The molecule has 0 radical (unpaired) electrons. The fourth-order valence-corrected chi connectivity index (χ4v) is 3.00. The number of hydrogen-bond acceptors (Lipinski definition) is 6. The van der Waals surface area contributed by atoms with E-state index in [1.807, 2.05) is 11.4 Å². The molecule has 1 N–H and O–H groups in total. The molecule has 3 aromatic heterocycles. The van der Waals surface area contributed by atoms with Crippen molar-refractivity contribution in [3.8, 4) is 11.6 Å². The van der Waals surface area contributed by atoms with E-state index in [0.29, 0.717) is 22.9 Å². The van der Waals surface area contributed by atoms with Crippen LogP contribution in [0.1, 0.15) is 10.4 Å². The van der Waals surface area contributed by atoms with Crippen molar-refractivity contribution in [2.24, 2.45) is 0 Å². The van der Waals surface area contributed by atoms with Crippen molar-refractivity contribution in [1.29, 1.82) is 0 Å². The van der Waals surface area contributed by atoms with E-state index in [-0.39, 0.29) is 5.91 Å². The molecule has 0 bridgehead atoms. The number of ether oxygens (including phenoxy) is 1. The summed E-state index contributed by atoms with van der Waals surface area (Å²) in [6, 6.07) is 12.3. The molecular weight excluding hydrogens is 336 g/mol. The number of carbonyl (C=O) groups excluding carboxylic acids is 1. The lowest BCUT2D eigenvalue weighted by Gasteiger charge is -2.07. The lowest BCUT2D eigenvalue weighted by molar-refractivity contribution is 0.102. The Bertz CT molecular complexity index is 1020. The average Bonchev–Trinajstić information content (AvgIpc) is 3.13. The molecule has 0 saturated heterocycles. The van der Waals surface area contributed by atoms with Gasteiger partial charge in [-0.3, -0.25) is 9.78 Å². The fraction of sp³-hybridized carbons (Fsp3) is 0. The summed E-state index contributed by atoms with van der Waals surface area (Å²) in [6.45, 7) is 0. The number of carbonyl (C=O) groups is 1. The van der Waals surface area contributed by atoms with Gasteiger partial charge in [-0.05, 0) is 47.8 Å². The Hall–Kier alpha value is -3.32. The topological polar surface area (TPSA) is 77.0 Å². The third-order valence-electron chi connectivity index (χ3n) is 3.48. The minimum Gasteiger partial charge on any atom is -0.438 e. The van der Waals surface area contributed by atoms with Gasteiger partial charge in [0.15, 0.2) is 0 Å². The smallest absolute Gasteiger partial charge is 0.255 e. The molecular formula is C18H12N4O2S. The summed E-state index contributed by atoms with van der Waals surface area (Å²) >= 11 is 1.53. The molecule has 0 saturated carbocycles. The number of aromatic nitrogens is 3.